The molecule has 12 aromatic rings. The SMILES string of the molecule is [C-]#[N+]c1cccc(-c2ccc3c(c2)c2ccccc2n3-c2ccc(C)cc2-c2nc(-c3ccccc3)nc(-c3cc(C(F)(F)F)ccc3-n3c4ccccc4c4cc(-c5cccc([N+]#[C-])c5)ccc43)n2)c1. The summed E-state index contributed by atoms with van der Waals surface area (Å²) in [6.45, 7) is 17.2. The first-order chi connectivity index (χ1) is 34.6. The van der Waals surface area contributed by atoms with E-state index in [9.17, 15) is 13.2 Å². The molecule has 9 aromatic carbocycles. The van der Waals surface area contributed by atoms with Crippen molar-refractivity contribution >= 4 is 55.0 Å². The Labute approximate surface area is 405 Å². The summed E-state index contributed by atoms with van der Waals surface area (Å²) in [5, 5.41) is 3.81. The predicted molar refractivity (Wildman–Crippen MR) is 278 cm³/mol. The summed E-state index contributed by atoms with van der Waals surface area (Å²) < 4.78 is 49.1. The van der Waals surface area contributed by atoms with Gasteiger partial charge in [-0.25, -0.2) is 24.6 Å². The molecule has 336 valence electrons. The van der Waals surface area contributed by atoms with Crippen molar-refractivity contribution in [2.45, 2.75) is 13.1 Å². The van der Waals surface area contributed by atoms with Gasteiger partial charge < -0.3 is 9.13 Å². The van der Waals surface area contributed by atoms with Crippen molar-refractivity contribution < 1.29 is 13.2 Å². The Bertz CT molecular complexity index is 4210. The van der Waals surface area contributed by atoms with Crippen LogP contribution in [0, 0.1) is 20.1 Å². The Morgan fingerprint density at radius 2 is 0.845 bits per heavy atom. The normalized spacial score (nSPS) is 11.6. The number of fused-ring (bicyclic) bond motifs is 6. The lowest BCUT2D eigenvalue weighted by Crippen LogP contribution is -2.09. The van der Waals surface area contributed by atoms with Crippen molar-refractivity contribution in [3.63, 3.8) is 0 Å². The third-order valence-electron chi connectivity index (χ3n) is 13.1. The van der Waals surface area contributed by atoms with E-state index in [-0.39, 0.29) is 17.2 Å². The van der Waals surface area contributed by atoms with Gasteiger partial charge in [0.1, 0.15) is 0 Å². The molecule has 0 amide bonds. The van der Waals surface area contributed by atoms with Crippen molar-refractivity contribution in [2.24, 2.45) is 0 Å². The van der Waals surface area contributed by atoms with Gasteiger partial charge in [-0.15, -0.1) is 0 Å². The summed E-state index contributed by atoms with van der Waals surface area (Å²) >= 11 is 0. The lowest BCUT2D eigenvalue weighted by Gasteiger charge is -2.18. The van der Waals surface area contributed by atoms with Gasteiger partial charge in [0.05, 0.1) is 52.1 Å². The quantitative estimate of drug-likeness (QED) is 0.150. The van der Waals surface area contributed by atoms with Crippen LogP contribution in [0.15, 0.2) is 200 Å². The second-order valence-electron chi connectivity index (χ2n) is 17.4. The molecule has 0 aliphatic carbocycles. The van der Waals surface area contributed by atoms with Gasteiger partial charge in [-0.05, 0) is 108 Å². The van der Waals surface area contributed by atoms with Crippen LogP contribution in [-0.2, 0) is 6.18 Å². The van der Waals surface area contributed by atoms with Crippen LogP contribution < -0.4 is 0 Å². The zero-order valence-corrected chi connectivity index (χ0v) is 37.8. The van der Waals surface area contributed by atoms with E-state index in [0.29, 0.717) is 34.0 Å². The van der Waals surface area contributed by atoms with Gasteiger partial charge in [0.15, 0.2) is 28.8 Å². The van der Waals surface area contributed by atoms with Gasteiger partial charge in [0.25, 0.3) is 0 Å². The van der Waals surface area contributed by atoms with Gasteiger partial charge in [0.2, 0.25) is 0 Å². The minimum absolute atomic E-state index is 0.0643. The van der Waals surface area contributed by atoms with Gasteiger partial charge in [0, 0.05) is 38.2 Å². The van der Waals surface area contributed by atoms with Crippen LogP contribution in [0.3, 0.4) is 0 Å². The molecule has 10 heteroatoms. The Morgan fingerprint density at radius 3 is 1.38 bits per heavy atom. The molecule has 0 aliphatic rings. The molecule has 0 atom stereocenters. The van der Waals surface area contributed by atoms with Crippen molar-refractivity contribution in [2.75, 3.05) is 0 Å². The van der Waals surface area contributed by atoms with E-state index in [0.717, 1.165) is 89.2 Å². The molecule has 0 saturated carbocycles. The highest BCUT2D eigenvalue weighted by Crippen LogP contribution is 2.43. The lowest BCUT2D eigenvalue weighted by molar-refractivity contribution is -0.137. The van der Waals surface area contributed by atoms with Crippen LogP contribution in [0.5, 0.6) is 0 Å². The molecule has 0 unspecified atom stereocenters. The second-order valence-corrected chi connectivity index (χ2v) is 17.4. The van der Waals surface area contributed by atoms with Crippen LogP contribution in [0.25, 0.3) is 121 Å². The van der Waals surface area contributed by atoms with Crippen molar-refractivity contribution in [3.8, 4) is 67.8 Å². The monoisotopic (exact) mass is 923 g/mol. The maximum absolute atomic E-state index is 15.0. The molecule has 0 spiro atoms. The van der Waals surface area contributed by atoms with Crippen LogP contribution in [0.4, 0.5) is 24.5 Å². The van der Waals surface area contributed by atoms with Crippen LogP contribution in [0.1, 0.15) is 11.1 Å². The first-order valence-electron chi connectivity index (χ1n) is 22.8. The Morgan fingerprint density at radius 1 is 0.394 bits per heavy atom. The summed E-state index contributed by atoms with van der Waals surface area (Å²) in [5.41, 5.74) is 11.0. The number of hydrogen-bond donors (Lipinski definition) is 0. The minimum Gasteiger partial charge on any atom is -0.309 e. The molecular weight excluding hydrogens is 888 g/mol. The molecule has 0 N–H and O–H groups in total. The third kappa shape index (κ3) is 7.43. The number of aryl methyl sites for hydroxylation is 1. The lowest BCUT2D eigenvalue weighted by atomic mass is 10.0. The van der Waals surface area contributed by atoms with Crippen LogP contribution in [-0.4, -0.2) is 24.1 Å². The van der Waals surface area contributed by atoms with Gasteiger partial charge >= 0.3 is 6.18 Å². The van der Waals surface area contributed by atoms with Gasteiger partial charge in [-0.2, -0.15) is 13.2 Å². The molecular formula is C61H36F3N7. The summed E-state index contributed by atoms with van der Waals surface area (Å²) in [4.78, 5) is 22.7. The van der Waals surface area contributed by atoms with Crippen molar-refractivity contribution in [1.82, 2.24) is 24.1 Å². The Balaban J connectivity index is 1.11. The van der Waals surface area contributed by atoms with E-state index in [1.54, 1.807) is 12.1 Å². The number of halogens is 3. The van der Waals surface area contributed by atoms with E-state index in [2.05, 4.69) is 50.7 Å². The number of rotatable bonds is 7. The molecule has 3 heterocycles. The Kier molecular flexibility index (Phi) is 10.1. The first-order valence-corrected chi connectivity index (χ1v) is 22.8. The number of alkyl halides is 3. The first kappa shape index (κ1) is 42.7. The van der Waals surface area contributed by atoms with E-state index >= 15 is 0 Å². The summed E-state index contributed by atoms with van der Waals surface area (Å²) in [7, 11) is 0. The minimum atomic E-state index is -4.68. The topological polar surface area (TPSA) is 57.2 Å². The molecule has 0 fully saturated rings. The molecule has 3 aromatic heterocycles. The maximum atomic E-state index is 15.0. The second kappa shape index (κ2) is 16.8. The highest BCUT2D eigenvalue weighted by molar-refractivity contribution is 6.12. The van der Waals surface area contributed by atoms with Gasteiger partial charge in [-0.3, -0.25) is 0 Å². The van der Waals surface area contributed by atoms with Crippen LogP contribution >= 0.6 is 0 Å². The standard InChI is InChI=1S/C61H36F3N7/c1-37-23-27-56(70-52-21-9-7-19-46(52)48-34-41(24-28-54(48)70)39-15-11-17-44(32-39)65-2)50(31-37)59-67-58(38-13-5-4-6-14-38)68-60(69-59)51-36-43(61(62,63)64)26-30-57(51)71-53-22-10-8-20-47(53)49-35-42(25-29-55(49)71)40-16-12-18-45(33-40)66-3/h4-36H,1H3. The van der Waals surface area contributed by atoms with E-state index in [1.807, 2.05) is 145 Å². The summed E-state index contributed by atoms with van der Waals surface area (Å²) in [6, 6.07) is 62.6. The average molecular weight is 924 g/mol. The van der Waals surface area contributed by atoms with Gasteiger partial charge in [-0.1, -0.05) is 127 Å². The number of nitrogens with zero attached hydrogens (tertiary/aromatic N) is 7. The highest BCUT2D eigenvalue weighted by Gasteiger charge is 2.33. The number of aromatic nitrogens is 5. The third-order valence-corrected chi connectivity index (χ3v) is 13.1. The number of hydrogen-bond acceptors (Lipinski definition) is 3. The molecule has 0 saturated heterocycles. The Hall–Kier alpha value is -9.64. The zero-order chi connectivity index (χ0) is 48.4. The smallest absolute Gasteiger partial charge is 0.309 e. The maximum Gasteiger partial charge on any atom is 0.416 e. The molecule has 0 bridgehead atoms. The molecule has 12 rings (SSSR count). The van der Waals surface area contributed by atoms with E-state index in [1.165, 1.54) is 6.07 Å². The van der Waals surface area contributed by atoms with Crippen molar-refractivity contribution in [3.05, 3.63) is 234 Å². The molecule has 7 nitrogen and oxygen atoms in total. The highest BCUT2D eigenvalue weighted by atomic mass is 19.4. The van der Waals surface area contributed by atoms with E-state index in [4.69, 9.17) is 28.1 Å². The summed E-state index contributed by atoms with van der Waals surface area (Å²) in [6.07, 6.45) is -4.68. The molecule has 0 radical (unpaired) electrons. The average Bonchev–Trinajstić information content (AvgIpc) is 3.92. The largest absolute Gasteiger partial charge is 0.416 e. The zero-order valence-electron chi connectivity index (χ0n) is 37.8. The van der Waals surface area contributed by atoms with Crippen molar-refractivity contribution in [1.29, 1.82) is 0 Å². The fourth-order valence-electron chi connectivity index (χ4n) is 9.78. The number of benzene rings is 9. The molecule has 0 aliphatic heterocycles. The predicted octanol–water partition coefficient (Wildman–Crippen LogP) is 16.8. The molecule has 71 heavy (non-hydrogen) atoms. The van der Waals surface area contributed by atoms with E-state index < -0.39 is 11.7 Å². The van der Waals surface area contributed by atoms with Crippen LogP contribution in [0.2, 0.25) is 0 Å². The fraction of sp³-hybridized carbons (Fsp3) is 0.0328. The summed E-state index contributed by atoms with van der Waals surface area (Å²) in [5.74, 6) is 0.640. The number of para-hydroxylation sites is 2. The fourth-order valence-corrected chi connectivity index (χ4v) is 9.78.